The molecule has 1 aromatic rings. The Labute approximate surface area is 111 Å². The Morgan fingerprint density at radius 3 is 3.11 bits per heavy atom. The lowest BCUT2D eigenvalue weighted by atomic mass is 10.2. The monoisotopic (exact) mass is 269 g/mol. The molecule has 0 saturated carbocycles. The minimum absolute atomic E-state index is 0.0230. The van der Waals surface area contributed by atoms with Crippen molar-refractivity contribution in [3.8, 4) is 5.75 Å². The van der Waals surface area contributed by atoms with Crippen LogP contribution in [0.4, 0.5) is 5.69 Å². The van der Waals surface area contributed by atoms with Gasteiger partial charge in [-0.1, -0.05) is 11.6 Å². The molecule has 0 saturated heterocycles. The summed E-state index contributed by atoms with van der Waals surface area (Å²) >= 11 is 5.97. The maximum atomic E-state index is 12.1. The Morgan fingerprint density at radius 2 is 2.39 bits per heavy atom. The molecule has 1 aliphatic heterocycles. The number of anilines is 1. The van der Waals surface area contributed by atoms with Crippen LogP contribution in [0, 0.1) is 0 Å². The molecule has 0 bridgehead atoms. The summed E-state index contributed by atoms with van der Waals surface area (Å²) in [6.45, 7) is 2.89. The molecular formula is C13H16ClNO3. The number of ether oxygens (including phenoxy) is 2. The number of hydrogen-bond donors (Lipinski definition) is 0. The average molecular weight is 270 g/mol. The number of carbonyl (C=O) groups excluding carboxylic acids is 1. The van der Waals surface area contributed by atoms with Gasteiger partial charge in [0.25, 0.3) is 0 Å². The highest BCUT2D eigenvalue weighted by atomic mass is 35.5. The van der Waals surface area contributed by atoms with Crippen molar-refractivity contribution < 1.29 is 14.3 Å². The van der Waals surface area contributed by atoms with Crippen LogP contribution in [0.5, 0.6) is 5.75 Å². The Hall–Kier alpha value is -1.26. The lowest BCUT2D eigenvalue weighted by Gasteiger charge is -2.33. The smallest absolute Gasteiger partial charge is 0.229 e. The molecule has 1 unspecified atom stereocenters. The molecule has 0 fully saturated rings. The first kappa shape index (κ1) is 13.2. The Bertz CT molecular complexity index is 450. The van der Waals surface area contributed by atoms with Gasteiger partial charge in [0.1, 0.15) is 11.9 Å². The van der Waals surface area contributed by atoms with E-state index in [-0.39, 0.29) is 12.0 Å². The normalized spacial score (nSPS) is 18.2. The number of benzene rings is 1. The van der Waals surface area contributed by atoms with Crippen molar-refractivity contribution in [2.24, 2.45) is 0 Å². The fourth-order valence-electron chi connectivity index (χ4n) is 1.97. The van der Waals surface area contributed by atoms with Crippen LogP contribution in [0.15, 0.2) is 18.2 Å². The van der Waals surface area contributed by atoms with Crippen molar-refractivity contribution in [2.45, 2.75) is 19.4 Å². The van der Waals surface area contributed by atoms with Gasteiger partial charge in [-0.2, -0.15) is 0 Å². The Morgan fingerprint density at radius 1 is 1.61 bits per heavy atom. The predicted octanol–water partition coefficient (Wildman–Crippen LogP) is 2.49. The van der Waals surface area contributed by atoms with E-state index in [1.165, 1.54) is 0 Å². The molecular weight excluding hydrogens is 254 g/mol. The first-order valence-corrected chi connectivity index (χ1v) is 6.25. The molecule has 1 aromatic carbocycles. The van der Waals surface area contributed by atoms with Gasteiger partial charge in [0, 0.05) is 12.1 Å². The van der Waals surface area contributed by atoms with E-state index in [0.717, 1.165) is 5.69 Å². The largest absolute Gasteiger partial charge is 0.487 e. The van der Waals surface area contributed by atoms with Crippen LogP contribution in [0.1, 0.15) is 13.3 Å². The third kappa shape index (κ3) is 2.76. The fourth-order valence-corrected chi connectivity index (χ4v) is 2.14. The van der Waals surface area contributed by atoms with Crippen LogP contribution in [0.25, 0.3) is 0 Å². The first-order chi connectivity index (χ1) is 8.61. The zero-order valence-corrected chi connectivity index (χ0v) is 11.2. The summed E-state index contributed by atoms with van der Waals surface area (Å²) in [7, 11) is 1.58. The second-order valence-corrected chi connectivity index (χ2v) is 4.72. The van der Waals surface area contributed by atoms with Crippen molar-refractivity contribution >= 4 is 23.2 Å². The lowest BCUT2D eigenvalue weighted by Crippen LogP contribution is -2.42. The number of nitrogens with zero attached hydrogens (tertiary/aromatic N) is 1. The summed E-state index contributed by atoms with van der Waals surface area (Å²) in [5.41, 5.74) is 0.738. The van der Waals surface area contributed by atoms with Crippen LogP contribution >= 0.6 is 11.6 Å². The third-order valence-corrected chi connectivity index (χ3v) is 3.04. The van der Waals surface area contributed by atoms with E-state index < -0.39 is 0 Å². The molecule has 2 rings (SSSR count). The third-order valence-electron chi connectivity index (χ3n) is 2.80. The maximum absolute atomic E-state index is 12.1. The van der Waals surface area contributed by atoms with E-state index in [1.807, 2.05) is 6.92 Å². The zero-order chi connectivity index (χ0) is 13.1. The van der Waals surface area contributed by atoms with Gasteiger partial charge in [-0.25, -0.2) is 0 Å². The van der Waals surface area contributed by atoms with Gasteiger partial charge < -0.3 is 14.4 Å². The molecule has 0 spiro atoms. The second-order valence-electron chi connectivity index (χ2n) is 4.29. The number of amides is 1. The molecule has 1 heterocycles. The first-order valence-electron chi connectivity index (χ1n) is 5.87. The number of fused-ring (bicyclic) bond motifs is 1. The molecule has 0 aliphatic carbocycles. The maximum Gasteiger partial charge on any atom is 0.229 e. The molecule has 1 aliphatic rings. The molecule has 18 heavy (non-hydrogen) atoms. The summed E-state index contributed by atoms with van der Waals surface area (Å²) in [6, 6.07) is 5.31. The lowest BCUT2D eigenvalue weighted by molar-refractivity contribution is -0.119. The van der Waals surface area contributed by atoms with E-state index in [0.29, 0.717) is 30.3 Å². The van der Waals surface area contributed by atoms with Crippen LogP contribution in [0.3, 0.4) is 0 Å². The van der Waals surface area contributed by atoms with Crippen molar-refractivity contribution in [2.75, 3.05) is 25.2 Å². The Balaban J connectivity index is 2.26. The fraction of sp³-hybridized carbons (Fsp3) is 0.462. The minimum atomic E-state index is -0.0230. The SMILES string of the molecule is COCCC(=O)N1CC(C)Oc2ccc(Cl)cc21. The van der Waals surface area contributed by atoms with Crippen LogP contribution in [-0.2, 0) is 9.53 Å². The quantitative estimate of drug-likeness (QED) is 0.846. The van der Waals surface area contributed by atoms with Gasteiger partial charge in [-0.05, 0) is 25.1 Å². The van der Waals surface area contributed by atoms with E-state index in [4.69, 9.17) is 21.1 Å². The van der Waals surface area contributed by atoms with Crippen LogP contribution in [0.2, 0.25) is 5.02 Å². The Kier molecular flexibility index (Phi) is 4.09. The van der Waals surface area contributed by atoms with Gasteiger partial charge in [-0.3, -0.25) is 4.79 Å². The van der Waals surface area contributed by atoms with Crippen molar-refractivity contribution in [1.82, 2.24) is 0 Å². The minimum Gasteiger partial charge on any atom is -0.487 e. The molecule has 4 nitrogen and oxygen atoms in total. The number of halogens is 1. The van der Waals surface area contributed by atoms with Crippen molar-refractivity contribution in [3.63, 3.8) is 0 Å². The molecule has 0 radical (unpaired) electrons. The summed E-state index contributed by atoms with van der Waals surface area (Å²) in [5, 5.41) is 0.594. The molecule has 5 heteroatoms. The van der Waals surface area contributed by atoms with Crippen molar-refractivity contribution in [1.29, 1.82) is 0 Å². The molecule has 98 valence electrons. The topological polar surface area (TPSA) is 38.8 Å². The summed E-state index contributed by atoms with van der Waals surface area (Å²) in [4.78, 5) is 13.8. The van der Waals surface area contributed by atoms with E-state index >= 15 is 0 Å². The summed E-state index contributed by atoms with van der Waals surface area (Å²) < 4.78 is 10.6. The number of methoxy groups -OCH3 is 1. The molecule has 0 aromatic heterocycles. The van der Waals surface area contributed by atoms with Crippen LogP contribution < -0.4 is 9.64 Å². The average Bonchev–Trinajstić information content (AvgIpc) is 2.35. The van der Waals surface area contributed by atoms with Gasteiger partial charge >= 0.3 is 0 Å². The standard InChI is InChI=1S/C13H16ClNO3/c1-9-8-15(13(16)5-6-17-2)11-7-10(14)3-4-12(11)18-9/h3-4,7,9H,5-6,8H2,1-2H3. The number of rotatable bonds is 3. The highest BCUT2D eigenvalue weighted by Gasteiger charge is 2.27. The number of carbonyl (C=O) groups is 1. The number of hydrogen-bond acceptors (Lipinski definition) is 3. The van der Waals surface area contributed by atoms with Gasteiger partial charge in [0.05, 0.1) is 25.3 Å². The highest BCUT2D eigenvalue weighted by Crippen LogP contribution is 2.35. The summed E-state index contributed by atoms with van der Waals surface area (Å²) in [5.74, 6) is 0.722. The van der Waals surface area contributed by atoms with E-state index in [2.05, 4.69) is 0 Å². The van der Waals surface area contributed by atoms with E-state index in [1.54, 1.807) is 30.2 Å². The molecule has 1 atom stereocenters. The zero-order valence-electron chi connectivity index (χ0n) is 10.5. The molecule has 1 amide bonds. The van der Waals surface area contributed by atoms with Crippen molar-refractivity contribution in [3.05, 3.63) is 23.2 Å². The second kappa shape index (κ2) is 5.59. The van der Waals surface area contributed by atoms with Gasteiger partial charge in [0.2, 0.25) is 5.91 Å². The predicted molar refractivity (Wildman–Crippen MR) is 70.4 cm³/mol. The van der Waals surface area contributed by atoms with Gasteiger partial charge in [-0.15, -0.1) is 0 Å². The molecule has 0 N–H and O–H groups in total. The highest BCUT2D eigenvalue weighted by molar-refractivity contribution is 6.31. The van der Waals surface area contributed by atoms with Crippen LogP contribution in [-0.4, -0.2) is 32.3 Å². The van der Waals surface area contributed by atoms with E-state index in [9.17, 15) is 4.79 Å². The summed E-state index contributed by atoms with van der Waals surface area (Å²) in [6.07, 6.45) is 0.333. The van der Waals surface area contributed by atoms with Gasteiger partial charge in [0.15, 0.2) is 0 Å².